The fraction of sp³-hybridized carbons (Fsp3) is 0.222. The molecule has 2 rings (SSSR count). The van der Waals surface area contributed by atoms with E-state index in [9.17, 15) is 0 Å². The average molecular weight is 192 g/mol. The summed E-state index contributed by atoms with van der Waals surface area (Å²) in [4.78, 5) is 1.07. The molecule has 0 saturated heterocycles. The molecule has 1 atom stereocenters. The minimum Gasteiger partial charge on any atom is -0.497 e. The van der Waals surface area contributed by atoms with Gasteiger partial charge in [0.2, 0.25) is 0 Å². The largest absolute Gasteiger partial charge is 0.497 e. The lowest BCUT2D eigenvalue weighted by atomic mass is 10.3. The number of hydrogen-bond donors (Lipinski definition) is 1. The third-order valence-corrected chi connectivity index (χ3v) is 2.89. The van der Waals surface area contributed by atoms with Crippen molar-refractivity contribution in [1.82, 2.24) is 0 Å². The van der Waals surface area contributed by atoms with Crippen LogP contribution in [-0.2, 0) is 0 Å². The molecular weight excluding hydrogens is 184 g/mol. The highest BCUT2D eigenvalue weighted by molar-refractivity contribution is 8.00. The van der Waals surface area contributed by atoms with Crippen LogP contribution in [-0.4, -0.2) is 12.5 Å². The highest BCUT2D eigenvalue weighted by atomic mass is 32.2. The predicted octanol–water partition coefficient (Wildman–Crippen LogP) is 2.06. The number of nitrogens with one attached hydrogen (secondary N) is 1. The second-order valence-corrected chi connectivity index (χ2v) is 3.78. The minimum atomic E-state index is -0.165. The van der Waals surface area contributed by atoms with Gasteiger partial charge in [-0.3, -0.25) is 0 Å². The SMILES string of the molecule is COc1ccc2c(c1)SC(C#N)N2. The van der Waals surface area contributed by atoms with Crippen molar-refractivity contribution >= 4 is 17.4 Å². The zero-order valence-electron chi connectivity index (χ0n) is 7.07. The van der Waals surface area contributed by atoms with Crippen molar-refractivity contribution in [2.24, 2.45) is 0 Å². The number of fused-ring (bicyclic) bond motifs is 1. The lowest BCUT2D eigenvalue weighted by Crippen LogP contribution is -2.05. The van der Waals surface area contributed by atoms with Crippen LogP contribution in [0, 0.1) is 11.3 Å². The fourth-order valence-corrected chi connectivity index (χ4v) is 2.13. The van der Waals surface area contributed by atoms with Crippen LogP contribution >= 0.6 is 11.8 Å². The van der Waals surface area contributed by atoms with Crippen LogP contribution < -0.4 is 10.1 Å². The van der Waals surface area contributed by atoms with Gasteiger partial charge in [-0.05, 0) is 18.2 Å². The Kier molecular flexibility index (Phi) is 2.03. The quantitative estimate of drug-likeness (QED) is 0.739. The summed E-state index contributed by atoms with van der Waals surface area (Å²) in [5.74, 6) is 0.826. The molecule has 0 spiro atoms. The molecule has 0 aliphatic carbocycles. The van der Waals surface area contributed by atoms with Crippen molar-refractivity contribution in [2.75, 3.05) is 12.4 Å². The van der Waals surface area contributed by atoms with Crippen molar-refractivity contribution in [3.63, 3.8) is 0 Å². The van der Waals surface area contributed by atoms with Gasteiger partial charge >= 0.3 is 0 Å². The molecule has 3 nitrogen and oxygen atoms in total. The molecule has 1 aromatic rings. The van der Waals surface area contributed by atoms with Crippen LogP contribution in [0.25, 0.3) is 0 Å². The topological polar surface area (TPSA) is 45.0 Å². The van der Waals surface area contributed by atoms with Crippen molar-refractivity contribution in [3.05, 3.63) is 18.2 Å². The molecule has 1 aliphatic rings. The van der Waals surface area contributed by atoms with Crippen LogP contribution in [0.5, 0.6) is 5.75 Å². The number of benzene rings is 1. The van der Waals surface area contributed by atoms with Gasteiger partial charge in [-0.1, -0.05) is 11.8 Å². The molecule has 0 radical (unpaired) electrons. The summed E-state index contributed by atoms with van der Waals surface area (Å²) >= 11 is 1.51. The van der Waals surface area contributed by atoms with Crippen molar-refractivity contribution in [1.29, 1.82) is 5.26 Å². The highest BCUT2D eigenvalue weighted by Gasteiger charge is 2.20. The molecule has 1 aliphatic heterocycles. The summed E-state index contributed by atoms with van der Waals surface area (Å²) < 4.78 is 5.08. The normalized spacial score (nSPS) is 18.6. The number of nitriles is 1. The zero-order valence-corrected chi connectivity index (χ0v) is 7.89. The molecule has 4 heteroatoms. The number of nitrogens with zero attached hydrogens (tertiary/aromatic N) is 1. The average Bonchev–Trinajstić information content (AvgIpc) is 2.58. The Morgan fingerprint density at radius 1 is 1.62 bits per heavy atom. The smallest absolute Gasteiger partial charge is 0.166 e. The van der Waals surface area contributed by atoms with Gasteiger partial charge < -0.3 is 10.1 Å². The Hall–Kier alpha value is -1.34. The van der Waals surface area contributed by atoms with E-state index in [-0.39, 0.29) is 5.37 Å². The molecule has 0 amide bonds. The molecular formula is C9H8N2OS. The van der Waals surface area contributed by atoms with E-state index in [4.69, 9.17) is 10.00 Å². The summed E-state index contributed by atoms with van der Waals surface area (Å²) in [7, 11) is 1.64. The molecule has 13 heavy (non-hydrogen) atoms. The highest BCUT2D eigenvalue weighted by Crippen LogP contribution is 2.39. The van der Waals surface area contributed by atoms with Crippen molar-refractivity contribution < 1.29 is 4.74 Å². The number of anilines is 1. The minimum absolute atomic E-state index is 0.165. The van der Waals surface area contributed by atoms with E-state index in [1.165, 1.54) is 11.8 Å². The first-order valence-electron chi connectivity index (χ1n) is 3.84. The lowest BCUT2D eigenvalue weighted by Gasteiger charge is -2.01. The Balaban J connectivity index is 2.32. The van der Waals surface area contributed by atoms with Gasteiger partial charge in [-0.25, -0.2) is 0 Å². The molecule has 1 N–H and O–H groups in total. The molecule has 1 heterocycles. The van der Waals surface area contributed by atoms with E-state index in [0.717, 1.165) is 16.3 Å². The van der Waals surface area contributed by atoms with Crippen molar-refractivity contribution in [3.8, 4) is 11.8 Å². The van der Waals surface area contributed by atoms with Gasteiger partial charge in [0.15, 0.2) is 5.37 Å². The first-order valence-corrected chi connectivity index (χ1v) is 4.72. The third kappa shape index (κ3) is 1.43. The molecule has 0 aromatic heterocycles. The zero-order chi connectivity index (χ0) is 9.26. The first-order chi connectivity index (χ1) is 6.33. The molecule has 1 unspecified atom stereocenters. The maximum atomic E-state index is 8.70. The maximum absolute atomic E-state index is 8.70. The second-order valence-electron chi connectivity index (χ2n) is 2.63. The van der Waals surface area contributed by atoms with Crippen LogP contribution in [0.4, 0.5) is 5.69 Å². The standard InChI is InChI=1S/C9H8N2OS/c1-12-6-2-3-7-8(4-6)13-9(5-10)11-7/h2-4,9,11H,1H3. The van der Waals surface area contributed by atoms with E-state index < -0.39 is 0 Å². The molecule has 0 bridgehead atoms. The van der Waals surface area contributed by atoms with Crippen LogP contribution in [0.1, 0.15) is 0 Å². The molecule has 1 aromatic carbocycles. The molecule has 0 saturated carbocycles. The second kappa shape index (κ2) is 3.19. The van der Waals surface area contributed by atoms with E-state index in [0.29, 0.717) is 0 Å². The van der Waals surface area contributed by atoms with E-state index >= 15 is 0 Å². The number of rotatable bonds is 1. The van der Waals surface area contributed by atoms with Crippen LogP contribution in [0.3, 0.4) is 0 Å². The molecule has 66 valence electrons. The summed E-state index contributed by atoms with van der Waals surface area (Å²) in [6, 6.07) is 7.90. The van der Waals surface area contributed by atoms with Gasteiger partial charge in [-0.2, -0.15) is 5.26 Å². The van der Waals surface area contributed by atoms with Crippen LogP contribution in [0.2, 0.25) is 0 Å². The van der Waals surface area contributed by atoms with Gasteiger partial charge in [-0.15, -0.1) is 0 Å². The number of hydrogen-bond acceptors (Lipinski definition) is 4. The Bertz CT molecular complexity index is 372. The Labute approximate surface area is 80.7 Å². The van der Waals surface area contributed by atoms with E-state index in [1.807, 2.05) is 18.2 Å². The maximum Gasteiger partial charge on any atom is 0.166 e. The number of thioether (sulfide) groups is 1. The number of methoxy groups -OCH3 is 1. The predicted molar refractivity (Wildman–Crippen MR) is 51.9 cm³/mol. The summed E-state index contributed by atoms with van der Waals surface area (Å²) in [6.07, 6.45) is 0. The van der Waals surface area contributed by atoms with Crippen molar-refractivity contribution in [2.45, 2.75) is 10.3 Å². The summed E-state index contributed by atoms with van der Waals surface area (Å²) in [5.41, 5.74) is 1.01. The monoisotopic (exact) mass is 192 g/mol. The number of ether oxygens (including phenoxy) is 1. The van der Waals surface area contributed by atoms with Gasteiger partial charge in [0.05, 0.1) is 13.2 Å². The van der Waals surface area contributed by atoms with Gasteiger partial charge in [0, 0.05) is 10.6 Å². The summed E-state index contributed by atoms with van der Waals surface area (Å²) in [6.45, 7) is 0. The third-order valence-electron chi connectivity index (χ3n) is 1.84. The first kappa shape index (κ1) is 8.27. The van der Waals surface area contributed by atoms with Gasteiger partial charge in [0.25, 0.3) is 0 Å². The van der Waals surface area contributed by atoms with Crippen LogP contribution in [0.15, 0.2) is 23.1 Å². The summed E-state index contributed by atoms with van der Waals surface area (Å²) in [5, 5.41) is 11.6. The Morgan fingerprint density at radius 2 is 2.46 bits per heavy atom. The fourth-order valence-electron chi connectivity index (χ4n) is 1.20. The molecule has 0 fully saturated rings. The van der Waals surface area contributed by atoms with Gasteiger partial charge in [0.1, 0.15) is 5.75 Å². The van der Waals surface area contributed by atoms with E-state index in [1.54, 1.807) is 7.11 Å². The Morgan fingerprint density at radius 3 is 3.15 bits per heavy atom. The lowest BCUT2D eigenvalue weighted by molar-refractivity contribution is 0.414. The van der Waals surface area contributed by atoms with E-state index in [2.05, 4.69) is 11.4 Å².